The van der Waals surface area contributed by atoms with Crippen molar-refractivity contribution in [3.05, 3.63) is 49.1 Å². The van der Waals surface area contributed by atoms with Gasteiger partial charge in [-0.1, -0.05) is 30.3 Å². The van der Waals surface area contributed by atoms with Crippen LogP contribution in [0.25, 0.3) is 10.8 Å². The van der Waals surface area contributed by atoms with E-state index in [1.54, 1.807) is 36.4 Å². The minimum absolute atomic E-state index is 0.185. The molecule has 0 bridgehead atoms. The maximum Gasteiger partial charge on any atom is 0.297 e. The van der Waals surface area contributed by atoms with Crippen LogP contribution in [0.15, 0.2) is 53.9 Å². The molecule has 1 heterocycles. The lowest BCUT2D eigenvalue weighted by atomic mass is 10.1. The van der Waals surface area contributed by atoms with Crippen LogP contribution in [0, 0.1) is 0 Å². The van der Waals surface area contributed by atoms with E-state index in [0.29, 0.717) is 10.8 Å². The minimum atomic E-state index is -4.41. The number of rotatable bonds is 3. The molecule has 0 saturated carbocycles. The molecule has 0 atom stereocenters. The maximum atomic E-state index is 11.7. The van der Waals surface area contributed by atoms with Crippen LogP contribution in [-0.2, 0) is 10.1 Å². The van der Waals surface area contributed by atoms with Crippen molar-refractivity contribution in [1.82, 2.24) is 15.0 Å². The summed E-state index contributed by atoms with van der Waals surface area (Å²) in [6, 6.07) is 10.2. The Morgan fingerprint density at radius 1 is 1.00 bits per heavy atom. The standard InChI is InChI=1S/C13H10N4O3S/c18-21(19,20)12-10-4-2-1-3-9(10)5-6-11(12)17-13-15-7-14-8-16-13/h1-8H,(H,18,19,20)(H,14,15,16,17). The van der Waals surface area contributed by atoms with Crippen LogP contribution in [0.1, 0.15) is 0 Å². The van der Waals surface area contributed by atoms with Crippen molar-refractivity contribution >= 4 is 32.5 Å². The third-order valence-corrected chi connectivity index (χ3v) is 3.83. The van der Waals surface area contributed by atoms with Gasteiger partial charge in [-0.3, -0.25) is 4.55 Å². The zero-order chi connectivity index (χ0) is 14.9. The quantitative estimate of drug-likeness (QED) is 0.713. The summed E-state index contributed by atoms with van der Waals surface area (Å²) >= 11 is 0. The maximum absolute atomic E-state index is 11.7. The van der Waals surface area contributed by atoms with Crippen LogP contribution in [0.2, 0.25) is 0 Å². The molecule has 2 aromatic carbocycles. The second kappa shape index (κ2) is 5.08. The van der Waals surface area contributed by atoms with Gasteiger partial charge in [-0.25, -0.2) is 15.0 Å². The fourth-order valence-electron chi connectivity index (χ4n) is 2.04. The molecule has 8 heteroatoms. The number of benzene rings is 2. The van der Waals surface area contributed by atoms with Crippen molar-refractivity contribution in [3.63, 3.8) is 0 Å². The predicted octanol–water partition coefficient (Wildman–Crippen LogP) is 2.02. The van der Waals surface area contributed by atoms with E-state index < -0.39 is 10.1 Å². The van der Waals surface area contributed by atoms with E-state index in [1.165, 1.54) is 12.7 Å². The molecule has 0 aliphatic carbocycles. The molecule has 0 spiro atoms. The molecular formula is C13H10N4O3S. The van der Waals surface area contributed by atoms with Gasteiger partial charge in [-0.2, -0.15) is 8.42 Å². The Bertz CT molecular complexity index is 898. The van der Waals surface area contributed by atoms with Gasteiger partial charge < -0.3 is 5.32 Å². The Morgan fingerprint density at radius 3 is 2.43 bits per heavy atom. The number of aromatic nitrogens is 3. The fourth-order valence-corrected chi connectivity index (χ4v) is 2.90. The molecule has 2 N–H and O–H groups in total. The van der Waals surface area contributed by atoms with Crippen molar-refractivity contribution in [3.8, 4) is 0 Å². The first-order chi connectivity index (χ1) is 10.1. The topological polar surface area (TPSA) is 105 Å². The molecule has 0 aliphatic rings. The largest absolute Gasteiger partial charge is 0.323 e. The number of anilines is 2. The van der Waals surface area contributed by atoms with Gasteiger partial charge in [-0.05, 0) is 11.5 Å². The predicted molar refractivity (Wildman–Crippen MR) is 76.9 cm³/mol. The van der Waals surface area contributed by atoms with E-state index in [1.807, 2.05) is 0 Å². The average Bonchev–Trinajstić information content (AvgIpc) is 2.47. The Kier molecular flexibility index (Phi) is 3.24. The Labute approximate surface area is 120 Å². The Hall–Kier alpha value is -2.58. The number of nitrogens with zero attached hydrogens (tertiary/aromatic N) is 3. The number of nitrogens with one attached hydrogen (secondary N) is 1. The van der Waals surface area contributed by atoms with E-state index in [0.717, 1.165) is 0 Å². The van der Waals surface area contributed by atoms with E-state index >= 15 is 0 Å². The zero-order valence-corrected chi connectivity index (χ0v) is 11.4. The fraction of sp³-hybridized carbons (Fsp3) is 0. The summed E-state index contributed by atoms with van der Waals surface area (Å²) in [7, 11) is -4.41. The molecule has 7 nitrogen and oxygen atoms in total. The molecule has 3 aromatic rings. The highest BCUT2D eigenvalue weighted by Crippen LogP contribution is 2.31. The van der Waals surface area contributed by atoms with Crippen LogP contribution < -0.4 is 5.32 Å². The molecule has 0 unspecified atom stereocenters. The molecular weight excluding hydrogens is 292 g/mol. The zero-order valence-electron chi connectivity index (χ0n) is 10.6. The minimum Gasteiger partial charge on any atom is -0.323 e. The number of fused-ring (bicyclic) bond motifs is 1. The van der Waals surface area contributed by atoms with Crippen molar-refractivity contribution in [2.75, 3.05) is 5.32 Å². The molecule has 0 saturated heterocycles. The lowest BCUT2D eigenvalue weighted by Gasteiger charge is -2.11. The normalized spacial score (nSPS) is 11.5. The van der Waals surface area contributed by atoms with Gasteiger partial charge >= 0.3 is 0 Å². The Balaban J connectivity index is 2.23. The molecule has 0 amide bonds. The van der Waals surface area contributed by atoms with Gasteiger partial charge in [0.2, 0.25) is 5.95 Å². The van der Waals surface area contributed by atoms with Crippen molar-refractivity contribution < 1.29 is 13.0 Å². The highest BCUT2D eigenvalue weighted by Gasteiger charge is 2.19. The lowest BCUT2D eigenvalue weighted by molar-refractivity contribution is 0.484. The third-order valence-electron chi connectivity index (χ3n) is 2.88. The smallest absolute Gasteiger partial charge is 0.297 e. The molecule has 106 valence electrons. The van der Waals surface area contributed by atoms with Gasteiger partial charge in [0.1, 0.15) is 17.6 Å². The summed E-state index contributed by atoms with van der Waals surface area (Å²) in [5, 5.41) is 3.89. The molecule has 21 heavy (non-hydrogen) atoms. The molecule has 1 aromatic heterocycles. The monoisotopic (exact) mass is 302 g/mol. The highest BCUT2D eigenvalue weighted by molar-refractivity contribution is 7.86. The van der Waals surface area contributed by atoms with E-state index in [4.69, 9.17) is 0 Å². The Morgan fingerprint density at radius 2 is 1.71 bits per heavy atom. The van der Waals surface area contributed by atoms with E-state index in [9.17, 15) is 13.0 Å². The van der Waals surface area contributed by atoms with Crippen molar-refractivity contribution in [2.24, 2.45) is 0 Å². The summed E-state index contributed by atoms with van der Waals surface area (Å²) in [6.45, 7) is 0. The van der Waals surface area contributed by atoms with Crippen molar-refractivity contribution in [2.45, 2.75) is 4.90 Å². The number of hydrogen-bond donors (Lipinski definition) is 2. The van der Waals surface area contributed by atoms with Crippen LogP contribution in [0.3, 0.4) is 0 Å². The molecule has 0 fully saturated rings. The molecule has 3 rings (SSSR count). The lowest BCUT2D eigenvalue weighted by Crippen LogP contribution is -2.06. The van der Waals surface area contributed by atoms with Crippen LogP contribution in [-0.4, -0.2) is 27.9 Å². The summed E-state index contributed by atoms with van der Waals surface area (Å²) in [6.07, 6.45) is 2.56. The highest BCUT2D eigenvalue weighted by atomic mass is 32.2. The summed E-state index contributed by atoms with van der Waals surface area (Å²) in [5.41, 5.74) is 0.197. The van der Waals surface area contributed by atoms with Crippen molar-refractivity contribution in [1.29, 1.82) is 0 Å². The van der Waals surface area contributed by atoms with E-state index in [2.05, 4.69) is 20.3 Å². The molecule has 0 aliphatic heterocycles. The van der Waals surface area contributed by atoms with Crippen LogP contribution >= 0.6 is 0 Å². The summed E-state index contributed by atoms with van der Waals surface area (Å²) in [5.74, 6) is 0.185. The number of hydrogen-bond acceptors (Lipinski definition) is 6. The third kappa shape index (κ3) is 2.67. The first kappa shape index (κ1) is 13.4. The van der Waals surface area contributed by atoms with Crippen LogP contribution in [0.4, 0.5) is 11.6 Å². The first-order valence-corrected chi connectivity index (χ1v) is 7.38. The SMILES string of the molecule is O=S(=O)(O)c1c(Nc2ncncn2)ccc2ccccc12. The second-order valence-corrected chi connectivity index (χ2v) is 5.58. The second-order valence-electron chi connectivity index (χ2n) is 4.23. The summed E-state index contributed by atoms with van der Waals surface area (Å²) in [4.78, 5) is 11.2. The average molecular weight is 302 g/mol. The van der Waals surface area contributed by atoms with Crippen LogP contribution in [0.5, 0.6) is 0 Å². The van der Waals surface area contributed by atoms with Gasteiger partial charge in [0, 0.05) is 5.39 Å². The summed E-state index contributed by atoms with van der Waals surface area (Å²) < 4.78 is 33.0. The van der Waals surface area contributed by atoms with Gasteiger partial charge in [0.25, 0.3) is 10.1 Å². The van der Waals surface area contributed by atoms with Gasteiger partial charge in [-0.15, -0.1) is 0 Å². The molecule has 0 radical (unpaired) electrons. The van der Waals surface area contributed by atoms with Gasteiger partial charge in [0.15, 0.2) is 0 Å². The van der Waals surface area contributed by atoms with E-state index in [-0.39, 0.29) is 16.5 Å². The first-order valence-electron chi connectivity index (χ1n) is 5.94. The van der Waals surface area contributed by atoms with Gasteiger partial charge in [0.05, 0.1) is 5.69 Å².